The van der Waals surface area contributed by atoms with E-state index in [1.165, 1.54) is 12.1 Å². The molecule has 3 nitrogen and oxygen atoms in total. The monoisotopic (exact) mass is 246 g/mol. The molecule has 0 bridgehead atoms. The number of benzene rings is 2. The Bertz CT molecular complexity index is 549. The maximum atomic E-state index is 12.9. The highest BCUT2D eigenvalue weighted by molar-refractivity contribution is 5.70. The number of carbonyl (C=O) groups is 1. The first-order valence-corrected chi connectivity index (χ1v) is 5.37. The summed E-state index contributed by atoms with van der Waals surface area (Å²) in [4.78, 5) is 10.5. The molecule has 18 heavy (non-hydrogen) atoms. The van der Waals surface area contributed by atoms with Crippen molar-refractivity contribution in [1.29, 1.82) is 0 Å². The van der Waals surface area contributed by atoms with E-state index in [1.54, 1.807) is 36.4 Å². The predicted molar refractivity (Wildman–Crippen MR) is 64.3 cm³/mol. The van der Waals surface area contributed by atoms with Gasteiger partial charge in [0, 0.05) is 6.07 Å². The zero-order chi connectivity index (χ0) is 13.0. The van der Waals surface area contributed by atoms with Gasteiger partial charge in [-0.15, -0.1) is 0 Å². The van der Waals surface area contributed by atoms with Gasteiger partial charge in [0.05, 0.1) is 6.42 Å². The first-order chi connectivity index (χ1) is 8.63. The van der Waals surface area contributed by atoms with Crippen LogP contribution in [0.5, 0.6) is 11.5 Å². The molecule has 0 fully saturated rings. The Balaban J connectivity index is 2.08. The molecular formula is C14H11FO3. The average molecular weight is 246 g/mol. The summed E-state index contributed by atoms with van der Waals surface area (Å²) in [5.41, 5.74) is 0.689. The minimum absolute atomic E-state index is 0.0275. The third-order valence-electron chi connectivity index (χ3n) is 2.31. The van der Waals surface area contributed by atoms with Gasteiger partial charge in [-0.3, -0.25) is 4.79 Å². The standard InChI is InChI=1S/C14H11FO3/c15-11-2-1-3-13(9-11)18-12-6-4-10(5-7-12)8-14(16)17/h1-7,9H,8H2,(H,16,17). The summed E-state index contributed by atoms with van der Waals surface area (Å²) in [7, 11) is 0. The van der Waals surface area contributed by atoms with Crippen LogP contribution in [0.2, 0.25) is 0 Å². The van der Waals surface area contributed by atoms with Gasteiger partial charge in [0.2, 0.25) is 0 Å². The number of carboxylic acids is 1. The molecule has 1 N–H and O–H groups in total. The average Bonchev–Trinajstić information content (AvgIpc) is 2.31. The maximum Gasteiger partial charge on any atom is 0.307 e. The van der Waals surface area contributed by atoms with Crippen LogP contribution >= 0.6 is 0 Å². The summed E-state index contributed by atoms with van der Waals surface area (Å²) in [6.45, 7) is 0. The van der Waals surface area contributed by atoms with E-state index in [1.807, 2.05) is 0 Å². The third kappa shape index (κ3) is 3.31. The highest BCUT2D eigenvalue weighted by Gasteiger charge is 2.02. The molecule has 0 amide bonds. The Kier molecular flexibility index (Phi) is 3.57. The molecule has 0 unspecified atom stereocenters. The Labute approximate surface area is 103 Å². The first kappa shape index (κ1) is 12.1. The molecule has 0 saturated carbocycles. The molecule has 2 aromatic rings. The molecule has 0 radical (unpaired) electrons. The van der Waals surface area contributed by atoms with Crippen LogP contribution in [-0.4, -0.2) is 11.1 Å². The molecule has 92 valence electrons. The lowest BCUT2D eigenvalue weighted by Gasteiger charge is -2.06. The van der Waals surface area contributed by atoms with E-state index >= 15 is 0 Å². The second-order valence-electron chi connectivity index (χ2n) is 3.77. The van der Waals surface area contributed by atoms with E-state index < -0.39 is 5.97 Å². The van der Waals surface area contributed by atoms with Crippen molar-refractivity contribution >= 4 is 5.97 Å². The van der Waals surface area contributed by atoms with E-state index in [0.29, 0.717) is 17.1 Å². The van der Waals surface area contributed by atoms with Gasteiger partial charge in [-0.25, -0.2) is 4.39 Å². The van der Waals surface area contributed by atoms with Crippen LogP contribution in [0, 0.1) is 5.82 Å². The normalized spacial score (nSPS) is 10.1. The molecule has 0 aliphatic carbocycles. The number of hydrogen-bond donors (Lipinski definition) is 1. The van der Waals surface area contributed by atoms with E-state index in [-0.39, 0.29) is 12.2 Å². The number of aliphatic carboxylic acids is 1. The van der Waals surface area contributed by atoms with Gasteiger partial charge in [-0.2, -0.15) is 0 Å². The summed E-state index contributed by atoms with van der Waals surface area (Å²) in [5.74, 6) is -0.306. The molecule has 0 saturated heterocycles. The van der Waals surface area contributed by atoms with Crippen molar-refractivity contribution in [1.82, 2.24) is 0 Å². The van der Waals surface area contributed by atoms with Crippen molar-refractivity contribution in [2.24, 2.45) is 0 Å². The minimum Gasteiger partial charge on any atom is -0.481 e. The topological polar surface area (TPSA) is 46.5 Å². The number of hydrogen-bond acceptors (Lipinski definition) is 2. The lowest BCUT2D eigenvalue weighted by molar-refractivity contribution is -0.136. The molecule has 4 heteroatoms. The largest absolute Gasteiger partial charge is 0.481 e. The predicted octanol–water partition coefficient (Wildman–Crippen LogP) is 3.25. The number of halogens is 1. The zero-order valence-electron chi connectivity index (χ0n) is 9.47. The first-order valence-electron chi connectivity index (χ1n) is 5.37. The summed E-state index contributed by atoms with van der Waals surface area (Å²) < 4.78 is 18.4. The molecule has 0 aromatic heterocycles. The number of ether oxygens (including phenoxy) is 1. The molecule has 2 rings (SSSR count). The molecule has 2 aromatic carbocycles. The van der Waals surface area contributed by atoms with Gasteiger partial charge in [-0.1, -0.05) is 18.2 Å². The third-order valence-corrected chi connectivity index (χ3v) is 2.31. The van der Waals surface area contributed by atoms with E-state index in [9.17, 15) is 9.18 Å². The van der Waals surface area contributed by atoms with E-state index in [2.05, 4.69) is 0 Å². The summed E-state index contributed by atoms with van der Waals surface area (Å²) in [6.07, 6.45) is -0.0275. The maximum absolute atomic E-state index is 12.9. The molecule has 0 heterocycles. The fourth-order valence-corrected chi connectivity index (χ4v) is 1.52. The lowest BCUT2D eigenvalue weighted by atomic mass is 10.1. The Morgan fingerprint density at radius 2 is 1.83 bits per heavy atom. The molecule has 0 aliphatic rings. The Morgan fingerprint density at radius 1 is 1.11 bits per heavy atom. The summed E-state index contributed by atoms with van der Waals surface area (Å²) in [6, 6.07) is 12.5. The van der Waals surface area contributed by atoms with Crippen LogP contribution in [0.1, 0.15) is 5.56 Å². The molecule has 0 spiro atoms. The second-order valence-corrected chi connectivity index (χ2v) is 3.77. The lowest BCUT2D eigenvalue weighted by Crippen LogP contribution is -1.99. The SMILES string of the molecule is O=C(O)Cc1ccc(Oc2cccc(F)c2)cc1. The number of rotatable bonds is 4. The molecule has 0 aliphatic heterocycles. The second kappa shape index (κ2) is 5.31. The Hall–Kier alpha value is -2.36. The quantitative estimate of drug-likeness (QED) is 0.900. The van der Waals surface area contributed by atoms with E-state index in [4.69, 9.17) is 9.84 Å². The summed E-state index contributed by atoms with van der Waals surface area (Å²) >= 11 is 0. The van der Waals surface area contributed by atoms with Crippen molar-refractivity contribution in [3.05, 3.63) is 59.9 Å². The van der Waals surface area contributed by atoms with Crippen molar-refractivity contribution in [2.45, 2.75) is 6.42 Å². The number of carboxylic acid groups (broad SMARTS) is 1. The van der Waals surface area contributed by atoms with E-state index in [0.717, 1.165) is 0 Å². The summed E-state index contributed by atoms with van der Waals surface area (Å²) in [5, 5.41) is 8.63. The van der Waals surface area contributed by atoms with Gasteiger partial charge in [0.25, 0.3) is 0 Å². The van der Waals surface area contributed by atoms with Gasteiger partial charge < -0.3 is 9.84 Å². The zero-order valence-corrected chi connectivity index (χ0v) is 9.47. The van der Waals surface area contributed by atoms with Gasteiger partial charge in [0.1, 0.15) is 17.3 Å². The van der Waals surface area contributed by atoms with Crippen LogP contribution in [0.25, 0.3) is 0 Å². The highest BCUT2D eigenvalue weighted by Crippen LogP contribution is 2.22. The van der Waals surface area contributed by atoms with Crippen molar-refractivity contribution < 1.29 is 19.0 Å². The van der Waals surface area contributed by atoms with Gasteiger partial charge >= 0.3 is 5.97 Å². The molecular weight excluding hydrogens is 235 g/mol. The fourth-order valence-electron chi connectivity index (χ4n) is 1.52. The minimum atomic E-state index is -0.881. The smallest absolute Gasteiger partial charge is 0.307 e. The van der Waals surface area contributed by atoms with Crippen molar-refractivity contribution in [3.8, 4) is 11.5 Å². The van der Waals surface area contributed by atoms with Crippen LogP contribution in [0.3, 0.4) is 0 Å². The van der Waals surface area contributed by atoms with Crippen LogP contribution < -0.4 is 4.74 Å². The van der Waals surface area contributed by atoms with Gasteiger partial charge in [0.15, 0.2) is 0 Å². The van der Waals surface area contributed by atoms with Crippen molar-refractivity contribution in [2.75, 3.05) is 0 Å². The van der Waals surface area contributed by atoms with Crippen LogP contribution in [0.4, 0.5) is 4.39 Å². The van der Waals surface area contributed by atoms with Crippen LogP contribution in [0.15, 0.2) is 48.5 Å². The fraction of sp³-hybridized carbons (Fsp3) is 0.0714. The van der Waals surface area contributed by atoms with Crippen molar-refractivity contribution in [3.63, 3.8) is 0 Å². The molecule has 0 atom stereocenters. The van der Waals surface area contributed by atoms with Gasteiger partial charge in [-0.05, 0) is 29.8 Å². The Morgan fingerprint density at radius 3 is 2.44 bits per heavy atom. The highest BCUT2D eigenvalue weighted by atomic mass is 19.1. The van der Waals surface area contributed by atoms with Crippen LogP contribution in [-0.2, 0) is 11.2 Å².